The number of Topliss-reactive ketones (excluding diaryl/α,β-unsaturated/α-hetero) is 1. The minimum atomic E-state index is -0.0619. The molecule has 1 fully saturated rings. The quantitative estimate of drug-likeness (QED) is 0.536. The third kappa shape index (κ3) is 4.36. The van der Waals surface area contributed by atoms with Crippen LogP contribution in [0.5, 0.6) is 11.5 Å². The number of nitrogens with zero attached hydrogens (tertiary/aromatic N) is 3. The molecule has 0 bridgehead atoms. The lowest BCUT2D eigenvalue weighted by Gasteiger charge is -2.20. The monoisotopic (exact) mass is 423 g/mol. The Kier molecular flexibility index (Phi) is 6.38. The summed E-state index contributed by atoms with van der Waals surface area (Å²) in [5, 5.41) is 9.60. The van der Waals surface area contributed by atoms with Gasteiger partial charge in [0.25, 0.3) is 0 Å². The molecule has 1 unspecified atom stereocenters. The summed E-state index contributed by atoms with van der Waals surface area (Å²) in [5.74, 6) is 2.64. The predicted octanol–water partition coefficient (Wildman–Crippen LogP) is 4.95. The van der Waals surface area contributed by atoms with Crippen LogP contribution in [0.4, 0.5) is 0 Å². The molecule has 30 heavy (non-hydrogen) atoms. The molecule has 0 N–H and O–H groups in total. The van der Waals surface area contributed by atoms with E-state index in [1.807, 2.05) is 60.0 Å². The van der Waals surface area contributed by atoms with E-state index in [1.165, 1.54) is 11.8 Å². The summed E-state index contributed by atoms with van der Waals surface area (Å²) in [6, 6.07) is 15.6. The highest BCUT2D eigenvalue weighted by Gasteiger charge is 2.27. The molecule has 3 aromatic rings. The largest absolute Gasteiger partial charge is 0.497 e. The number of hydrogen-bond acceptors (Lipinski definition) is 6. The second-order valence-corrected chi connectivity index (χ2v) is 8.29. The van der Waals surface area contributed by atoms with Crippen molar-refractivity contribution in [2.24, 2.45) is 0 Å². The molecule has 7 heteroatoms. The topological polar surface area (TPSA) is 66.2 Å². The average Bonchev–Trinajstić information content (AvgIpc) is 3.20. The summed E-state index contributed by atoms with van der Waals surface area (Å²) in [5.41, 5.74) is 1.86. The second kappa shape index (κ2) is 9.34. The zero-order valence-electron chi connectivity index (χ0n) is 17.2. The molecular formula is C23H25N3O3S. The van der Waals surface area contributed by atoms with E-state index >= 15 is 0 Å². The lowest BCUT2D eigenvalue weighted by Crippen LogP contribution is -2.21. The Bertz CT molecular complexity index is 1000. The van der Waals surface area contributed by atoms with E-state index in [1.54, 1.807) is 7.11 Å². The third-order valence-electron chi connectivity index (χ3n) is 5.13. The van der Waals surface area contributed by atoms with Crippen molar-refractivity contribution in [3.05, 3.63) is 48.5 Å². The molecule has 0 spiro atoms. The maximum atomic E-state index is 12.4. The summed E-state index contributed by atoms with van der Waals surface area (Å²) in [4.78, 5) is 12.4. The van der Waals surface area contributed by atoms with Crippen LogP contribution in [-0.2, 0) is 4.79 Å². The smallest absolute Gasteiger partial charge is 0.196 e. The molecule has 1 heterocycles. The van der Waals surface area contributed by atoms with Gasteiger partial charge in [0, 0.05) is 17.7 Å². The maximum absolute atomic E-state index is 12.4. The SMILES string of the molecule is CCOc1ccc(-n2c(SC3CCCCC3=O)nnc2-c2ccc(OC)cc2)cc1. The zero-order valence-corrected chi connectivity index (χ0v) is 18.0. The van der Waals surface area contributed by atoms with E-state index in [2.05, 4.69) is 10.2 Å². The standard InChI is InChI=1S/C23H25N3O3S/c1-3-29-19-14-10-17(11-15-19)26-22(16-8-12-18(28-2)13-9-16)24-25-23(26)30-21-7-5-4-6-20(21)27/h8-15,21H,3-7H2,1-2H3. The number of benzene rings is 2. The van der Waals surface area contributed by atoms with E-state index in [-0.39, 0.29) is 5.25 Å². The van der Waals surface area contributed by atoms with Gasteiger partial charge in [0.15, 0.2) is 11.0 Å². The number of ketones is 1. The van der Waals surface area contributed by atoms with Crippen molar-refractivity contribution in [3.63, 3.8) is 0 Å². The average molecular weight is 424 g/mol. The Morgan fingerprint density at radius 1 is 1.03 bits per heavy atom. The van der Waals surface area contributed by atoms with Gasteiger partial charge in [-0.15, -0.1) is 10.2 Å². The first kappa shape index (κ1) is 20.5. The van der Waals surface area contributed by atoms with Gasteiger partial charge < -0.3 is 9.47 Å². The van der Waals surface area contributed by atoms with E-state index in [0.29, 0.717) is 18.8 Å². The highest BCUT2D eigenvalue weighted by atomic mass is 32.2. The lowest BCUT2D eigenvalue weighted by atomic mass is 9.99. The van der Waals surface area contributed by atoms with Crippen LogP contribution in [0.15, 0.2) is 53.7 Å². The molecule has 1 aliphatic rings. The van der Waals surface area contributed by atoms with Gasteiger partial charge in [-0.2, -0.15) is 0 Å². The van der Waals surface area contributed by atoms with Crippen LogP contribution in [0.25, 0.3) is 17.1 Å². The molecule has 0 radical (unpaired) electrons. The normalized spacial score (nSPS) is 16.5. The molecule has 1 saturated carbocycles. The van der Waals surface area contributed by atoms with E-state index in [4.69, 9.17) is 9.47 Å². The van der Waals surface area contributed by atoms with Crippen molar-refractivity contribution >= 4 is 17.5 Å². The van der Waals surface area contributed by atoms with Crippen molar-refractivity contribution in [1.29, 1.82) is 0 Å². The molecular weight excluding hydrogens is 398 g/mol. The maximum Gasteiger partial charge on any atom is 0.196 e. The Morgan fingerprint density at radius 2 is 1.77 bits per heavy atom. The van der Waals surface area contributed by atoms with Gasteiger partial charge in [-0.1, -0.05) is 18.2 Å². The first-order valence-corrected chi connectivity index (χ1v) is 11.1. The molecule has 0 aliphatic heterocycles. The first-order chi connectivity index (χ1) is 14.7. The second-order valence-electron chi connectivity index (χ2n) is 7.12. The highest BCUT2D eigenvalue weighted by molar-refractivity contribution is 8.00. The van der Waals surface area contributed by atoms with Crippen molar-refractivity contribution in [2.75, 3.05) is 13.7 Å². The number of carbonyl (C=O) groups excluding carboxylic acids is 1. The van der Waals surface area contributed by atoms with Gasteiger partial charge in [-0.05, 0) is 68.3 Å². The molecule has 0 amide bonds. The summed E-state index contributed by atoms with van der Waals surface area (Å²) in [6.45, 7) is 2.58. The van der Waals surface area contributed by atoms with Crippen LogP contribution in [0.2, 0.25) is 0 Å². The summed E-state index contributed by atoms with van der Waals surface area (Å²) >= 11 is 1.52. The molecule has 6 nitrogen and oxygen atoms in total. The fourth-order valence-electron chi connectivity index (χ4n) is 3.57. The molecule has 1 atom stereocenters. The number of aromatic nitrogens is 3. The number of thioether (sulfide) groups is 1. The number of rotatable bonds is 7. The molecule has 156 valence electrons. The number of ether oxygens (including phenoxy) is 2. The number of carbonyl (C=O) groups is 1. The molecule has 0 saturated heterocycles. The van der Waals surface area contributed by atoms with Crippen molar-refractivity contribution in [3.8, 4) is 28.6 Å². The molecule has 1 aromatic heterocycles. The van der Waals surface area contributed by atoms with Gasteiger partial charge in [0.2, 0.25) is 0 Å². The zero-order chi connectivity index (χ0) is 20.9. The molecule has 4 rings (SSSR count). The van der Waals surface area contributed by atoms with E-state index < -0.39 is 0 Å². The van der Waals surface area contributed by atoms with Crippen LogP contribution in [0, 0.1) is 0 Å². The summed E-state index contributed by atoms with van der Waals surface area (Å²) < 4.78 is 12.9. The van der Waals surface area contributed by atoms with Gasteiger partial charge in [0.1, 0.15) is 17.3 Å². The van der Waals surface area contributed by atoms with Gasteiger partial charge >= 0.3 is 0 Å². The summed E-state index contributed by atoms with van der Waals surface area (Å²) in [7, 11) is 1.65. The molecule has 1 aliphatic carbocycles. The third-order valence-corrected chi connectivity index (χ3v) is 6.39. The number of hydrogen-bond donors (Lipinski definition) is 0. The van der Waals surface area contributed by atoms with Gasteiger partial charge in [0.05, 0.1) is 19.0 Å². The van der Waals surface area contributed by atoms with Gasteiger partial charge in [-0.3, -0.25) is 9.36 Å². The van der Waals surface area contributed by atoms with Gasteiger partial charge in [-0.25, -0.2) is 0 Å². The van der Waals surface area contributed by atoms with Crippen LogP contribution in [-0.4, -0.2) is 39.5 Å². The fourth-order valence-corrected chi connectivity index (χ4v) is 4.74. The van der Waals surface area contributed by atoms with Crippen LogP contribution in [0.3, 0.4) is 0 Å². The number of methoxy groups -OCH3 is 1. The Morgan fingerprint density at radius 3 is 2.43 bits per heavy atom. The minimum absolute atomic E-state index is 0.0619. The van der Waals surface area contributed by atoms with E-state index in [9.17, 15) is 4.79 Å². The highest BCUT2D eigenvalue weighted by Crippen LogP contribution is 2.35. The summed E-state index contributed by atoms with van der Waals surface area (Å²) in [6.07, 6.45) is 3.60. The van der Waals surface area contributed by atoms with Crippen LogP contribution < -0.4 is 9.47 Å². The van der Waals surface area contributed by atoms with Crippen molar-refractivity contribution in [1.82, 2.24) is 14.8 Å². The van der Waals surface area contributed by atoms with Crippen molar-refractivity contribution in [2.45, 2.75) is 43.0 Å². The Labute approximate surface area is 180 Å². The van der Waals surface area contributed by atoms with Crippen LogP contribution in [0.1, 0.15) is 32.6 Å². The fraction of sp³-hybridized carbons (Fsp3) is 0.348. The van der Waals surface area contributed by atoms with E-state index in [0.717, 1.165) is 53.0 Å². The lowest BCUT2D eigenvalue weighted by molar-refractivity contribution is -0.119. The Balaban J connectivity index is 1.74. The minimum Gasteiger partial charge on any atom is -0.497 e. The molecule has 2 aromatic carbocycles. The first-order valence-electron chi connectivity index (χ1n) is 10.2. The van der Waals surface area contributed by atoms with Crippen molar-refractivity contribution < 1.29 is 14.3 Å². The Hall–Kier alpha value is -2.80. The van der Waals surface area contributed by atoms with Crippen LogP contribution >= 0.6 is 11.8 Å². The predicted molar refractivity (Wildman–Crippen MR) is 118 cm³/mol.